The van der Waals surface area contributed by atoms with E-state index < -0.39 is 0 Å². The smallest absolute Gasteiger partial charge is 0.142 e. The molecule has 1 aromatic rings. The fraction of sp³-hybridized carbons (Fsp3) is 0.300. The second-order valence-corrected chi connectivity index (χ2v) is 2.97. The van der Waals surface area contributed by atoms with E-state index in [4.69, 9.17) is 21.5 Å². The number of benzene rings is 1. The van der Waals surface area contributed by atoms with Gasteiger partial charge in [0.05, 0.1) is 25.3 Å². The number of anilines is 1. The maximum Gasteiger partial charge on any atom is 0.142 e. The van der Waals surface area contributed by atoms with E-state index >= 15 is 0 Å². The van der Waals surface area contributed by atoms with Crippen molar-refractivity contribution in [1.29, 1.82) is 5.26 Å². The van der Waals surface area contributed by atoms with Gasteiger partial charge in [0.2, 0.25) is 0 Å². The fourth-order valence-corrected chi connectivity index (χ4v) is 1.17. The maximum atomic E-state index is 8.49. The van der Waals surface area contributed by atoms with Gasteiger partial charge < -0.3 is 16.2 Å². The maximum absolute atomic E-state index is 8.49. The van der Waals surface area contributed by atoms with E-state index in [9.17, 15) is 0 Å². The summed E-state index contributed by atoms with van der Waals surface area (Å²) in [6.07, 6.45) is 0.285. The molecule has 0 aliphatic heterocycles. The molecule has 4 N–H and O–H groups in total. The average Bonchev–Trinajstić information content (AvgIpc) is 2.19. The number of ether oxygens (including phenoxy) is 1. The van der Waals surface area contributed by atoms with Crippen molar-refractivity contribution < 1.29 is 4.74 Å². The van der Waals surface area contributed by atoms with Gasteiger partial charge in [-0.15, -0.1) is 0 Å². The first-order valence-corrected chi connectivity index (χ1v) is 4.25. The third-order valence-corrected chi connectivity index (χ3v) is 2.00. The van der Waals surface area contributed by atoms with Crippen molar-refractivity contribution in [2.75, 3.05) is 12.8 Å². The highest BCUT2D eigenvalue weighted by molar-refractivity contribution is 5.54. The summed E-state index contributed by atoms with van der Waals surface area (Å²) >= 11 is 0. The van der Waals surface area contributed by atoms with Gasteiger partial charge >= 0.3 is 0 Å². The third kappa shape index (κ3) is 2.15. The summed E-state index contributed by atoms with van der Waals surface area (Å²) in [5, 5.41) is 8.49. The molecule has 0 bridgehead atoms. The summed E-state index contributed by atoms with van der Waals surface area (Å²) in [7, 11) is 1.55. The van der Waals surface area contributed by atoms with Gasteiger partial charge in [0, 0.05) is 6.04 Å². The number of rotatable bonds is 3. The Hall–Kier alpha value is -1.73. The molecule has 0 fully saturated rings. The van der Waals surface area contributed by atoms with Gasteiger partial charge in [0.15, 0.2) is 0 Å². The molecule has 0 unspecified atom stereocenters. The number of nitrogen functional groups attached to an aromatic ring is 1. The monoisotopic (exact) mass is 191 g/mol. The molecule has 14 heavy (non-hydrogen) atoms. The van der Waals surface area contributed by atoms with Crippen LogP contribution in [0, 0.1) is 11.3 Å². The van der Waals surface area contributed by atoms with E-state index in [1.807, 2.05) is 6.07 Å². The number of nitrogens with two attached hydrogens (primary N) is 2. The SMILES string of the molecule is COc1cc([C@H](N)CC#N)ccc1N. The molecule has 1 rings (SSSR count). The molecule has 0 saturated carbocycles. The van der Waals surface area contributed by atoms with E-state index in [0.717, 1.165) is 5.56 Å². The standard InChI is InChI=1S/C10H13N3O/c1-14-10-6-7(2-3-9(10)13)8(12)4-5-11/h2-3,6,8H,4,12-13H2,1H3/t8-/m1/s1. The predicted octanol–water partition coefficient (Wildman–Crippen LogP) is 1.19. The molecular weight excluding hydrogens is 178 g/mol. The quantitative estimate of drug-likeness (QED) is 0.703. The number of methoxy groups -OCH3 is 1. The summed E-state index contributed by atoms with van der Waals surface area (Å²) in [5.41, 5.74) is 12.8. The normalized spacial score (nSPS) is 11.8. The van der Waals surface area contributed by atoms with Crippen molar-refractivity contribution >= 4 is 5.69 Å². The van der Waals surface area contributed by atoms with E-state index in [-0.39, 0.29) is 12.5 Å². The van der Waals surface area contributed by atoms with Crippen molar-refractivity contribution in [2.24, 2.45) is 5.73 Å². The van der Waals surface area contributed by atoms with Gasteiger partial charge in [0.1, 0.15) is 5.75 Å². The number of hydrogen-bond acceptors (Lipinski definition) is 4. The first-order valence-electron chi connectivity index (χ1n) is 4.25. The zero-order valence-electron chi connectivity index (χ0n) is 8.03. The molecule has 0 aliphatic carbocycles. The Morgan fingerprint density at radius 1 is 1.57 bits per heavy atom. The van der Waals surface area contributed by atoms with Crippen LogP contribution in [0.1, 0.15) is 18.0 Å². The van der Waals surface area contributed by atoms with Crippen LogP contribution in [0.3, 0.4) is 0 Å². The van der Waals surface area contributed by atoms with Crippen molar-refractivity contribution in [3.05, 3.63) is 23.8 Å². The highest BCUT2D eigenvalue weighted by Gasteiger charge is 2.07. The van der Waals surface area contributed by atoms with Crippen LogP contribution in [-0.2, 0) is 0 Å². The Balaban J connectivity index is 2.95. The first kappa shape index (κ1) is 10.4. The molecule has 4 heteroatoms. The third-order valence-electron chi connectivity index (χ3n) is 2.00. The Bertz CT molecular complexity index is 357. The van der Waals surface area contributed by atoms with Gasteiger partial charge in [-0.2, -0.15) is 5.26 Å². The molecule has 0 aliphatic rings. The van der Waals surface area contributed by atoms with Gasteiger partial charge in [-0.1, -0.05) is 6.07 Å². The van der Waals surface area contributed by atoms with Crippen LogP contribution in [0.4, 0.5) is 5.69 Å². The minimum Gasteiger partial charge on any atom is -0.495 e. The summed E-state index contributed by atoms with van der Waals surface area (Å²) in [5.74, 6) is 0.593. The van der Waals surface area contributed by atoms with Crippen molar-refractivity contribution in [1.82, 2.24) is 0 Å². The van der Waals surface area contributed by atoms with Crippen LogP contribution >= 0.6 is 0 Å². The molecule has 1 aromatic carbocycles. The van der Waals surface area contributed by atoms with Crippen molar-refractivity contribution in [2.45, 2.75) is 12.5 Å². The van der Waals surface area contributed by atoms with Crippen LogP contribution in [0.25, 0.3) is 0 Å². The lowest BCUT2D eigenvalue weighted by atomic mass is 10.0. The van der Waals surface area contributed by atoms with E-state index in [1.165, 1.54) is 0 Å². The molecule has 74 valence electrons. The molecule has 0 amide bonds. The predicted molar refractivity (Wildman–Crippen MR) is 54.6 cm³/mol. The molecule has 0 heterocycles. The van der Waals surface area contributed by atoms with Crippen LogP contribution < -0.4 is 16.2 Å². The molecule has 0 aromatic heterocycles. The van der Waals surface area contributed by atoms with E-state index in [2.05, 4.69) is 0 Å². The summed E-state index contributed by atoms with van der Waals surface area (Å²) < 4.78 is 5.05. The lowest BCUT2D eigenvalue weighted by Gasteiger charge is -2.11. The van der Waals surface area contributed by atoms with E-state index in [0.29, 0.717) is 11.4 Å². The minimum atomic E-state index is -0.283. The second-order valence-electron chi connectivity index (χ2n) is 2.97. The summed E-state index contributed by atoms with van der Waals surface area (Å²) in [4.78, 5) is 0. The van der Waals surface area contributed by atoms with Crippen LogP contribution in [-0.4, -0.2) is 7.11 Å². The lowest BCUT2D eigenvalue weighted by molar-refractivity contribution is 0.416. The minimum absolute atomic E-state index is 0.283. The number of nitriles is 1. The molecule has 0 saturated heterocycles. The van der Waals surface area contributed by atoms with Crippen LogP contribution in [0.2, 0.25) is 0 Å². The molecule has 1 atom stereocenters. The highest BCUT2D eigenvalue weighted by atomic mass is 16.5. The Morgan fingerprint density at radius 3 is 2.86 bits per heavy atom. The Morgan fingerprint density at radius 2 is 2.29 bits per heavy atom. The Kier molecular flexibility index (Phi) is 3.32. The highest BCUT2D eigenvalue weighted by Crippen LogP contribution is 2.25. The van der Waals surface area contributed by atoms with Gasteiger partial charge in [-0.25, -0.2) is 0 Å². The second kappa shape index (κ2) is 4.49. The first-order chi connectivity index (χ1) is 6.69. The molecule has 4 nitrogen and oxygen atoms in total. The Labute approximate surface area is 83.1 Å². The average molecular weight is 191 g/mol. The van der Waals surface area contributed by atoms with Gasteiger partial charge in [0.25, 0.3) is 0 Å². The largest absolute Gasteiger partial charge is 0.495 e. The summed E-state index contributed by atoms with van der Waals surface area (Å²) in [6.45, 7) is 0. The van der Waals surface area contributed by atoms with Crippen molar-refractivity contribution in [3.63, 3.8) is 0 Å². The van der Waals surface area contributed by atoms with Gasteiger partial charge in [-0.3, -0.25) is 0 Å². The molecule has 0 radical (unpaired) electrons. The van der Waals surface area contributed by atoms with Crippen molar-refractivity contribution in [3.8, 4) is 11.8 Å². The van der Waals surface area contributed by atoms with Gasteiger partial charge in [-0.05, 0) is 17.7 Å². The van der Waals surface area contributed by atoms with E-state index in [1.54, 1.807) is 25.3 Å². The number of nitrogens with zero attached hydrogens (tertiary/aromatic N) is 1. The van der Waals surface area contributed by atoms with Crippen LogP contribution in [0.15, 0.2) is 18.2 Å². The van der Waals surface area contributed by atoms with Crippen LogP contribution in [0.5, 0.6) is 5.75 Å². The summed E-state index contributed by atoms with van der Waals surface area (Å²) in [6, 6.07) is 7.03. The zero-order valence-corrected chi connectivity index (χ0v) is 8.03. The zero-order chi connectivity index (χ0) is 10.6. The lowest BCUT2D eigenvalue weighted by Crippen LogP contribution is -2.09. The topological polar surface area (TPSA) is 85.1 Å². The fourth-order valence-electron chi connectivity index (χ4n) is 1.17. The number of hydrogen-bond donors (Lipinski definition) is 2. The molecule has 0 spiro atoms. The molecular formula is C10H13N3O.